The summed E-state index contributed by atoms with van der Waals surface area (Å²) in [4.78, 5) is 12.7. The number of hydrogen-bond acceptors (Lipinski definition) is 5. The van der Waals surface area contributed by atoms with Crippen LogP contribution in [0.5, 0.6) is 0 Å². The molecule has 0 atom stereocenters. The van der Waals surface area contributed by atoms with Crippen LogP contribution in [0.15, 0.2) is 41.2 Å². The minimum absolute atomic E-state index is 0.515. The summed E-state index contributed by atoms with van der Waals surface area (Å²) in [6.45, 7) is 2.55. The van der Waals surface area contributed by atoms with Crippen molar-refractivity contribution in [3.63, 3.8) is 0 Å². The summed E-state index contributed by atoms with van der Waals surface area (Å²) in [5.41, 5.74) is 0.918. The molecule has 3 aromatic rings. The standard InChI is InChI=1S/C14H14N4O/c1-2-10-7-15-13(19-10)8-16-14-11-5-3-4-6-12(11)17-9-18-14/h3-7,9H,2,8H2,1H3,(H,16,17,18). The van der Waals surface area contributed by atoms with Crippen LogP contribution >= 0.6 is 0 Å². The molecule has 0 saturated heterocycles. The Bertz CT molecular complexity index is 687. The van der Waals surface area contributed by atoms with Gasteiger partial charge >= 0.3 is 0 Å². The molecule has 0 spiro atoms. The number of fused-ring (bicyclic) bond motifs is 1. The van der Waals surface area contributed by atoms with E-state index in [9.17, 15) is 0 Å². The highest BCUT2D eigenvalue weighted by Crippen LogP contribution is 2.18. The average Bonchev–Trinajstić information content (AvgIpc) is 2.93. The second-order valence-corrected chi connectivity index (χ2v) is 4.17. The number of hydrogen-bond donors (Lipinski definition) is 1. The zero-order valence-corrected chi connectivity index (χ0v) is 10.6. The maximum Gasteiger partial charge on any atom is 0.213 e. The van der Waals surface area contributed by atoms with Gasteiger partial charge in [0.2, 0.25) is 5.89 Å². The van der Waals surface area contributed by atoms with E-state index in [1.54, 1.807) is 12.5 Å². The molecule has 0 aliphatic heterocycles. The number of nitrogens with zero attached hydrogens (tertiary/aromatic N) is 3. The summed E-state index contributed by atoms with van der Waals surface area (Å²) < 4.78 is 5.55. The van der Waals surface area contributed by atoms with Gasteiger partial charge in [0.25, 0.3) is 0 Å². The smallest absolute Gasteiger partial charge is 0.213 e. The van der Waals surface area contributed by atoms with Crippen molar-refractivity contribution in [2.24, 2.45) is 0 Å². The van der Waals surface area contributed by atoms with Crippen LogP contribution in [0.25, 0.3) is 10.9 Å². The number of para-hydroxylation sites is 1. The third-order valence-electron chi connectivity index (χ3n) is 2.90. The lowest BCUT2D eigenvalue weighted by Gasteiger charge is -2.05. The predicted octanol–water partition coefficient (Wildman–Crippen LogP) is 2.79. The Labute approximate surface area is 110 Å². The summed E-state index contributed by atoms with van der Waals surface area (Å²) in [6.07, 6.45) is 4.16. The van der Waals surface area contributed by atoms with Crippen molar-refractivity contribution in [1.29, 1.82) is 0 Å². The van der Waals surface area contributed by atoms with Crippen LogP contribution in [-0.2, 0) is 13.0 Å². The molecule has 19 heavy (non-hydrogen) atoms. The van der Waals surface area contributed by atoms with Gasteiger partial charge in [-0.1, -0.05) is 19.1 Å². The molecule has 0 aliphatic rings. The number of benzene rings is 1. The third kappa shape index (κ3) is 2.40. The molecule has 5 nitrogen and oxygen atoms in total. The van der Waals surface area contributed by atoms with E-state index in [4.69, 9.17) is 4.42 Å². The normalized spacial score (nSPS) is 10.8. The highest BCUT2D eigenvalue weighted by molar-refractivity contribution is 5.88. The first-order chi connectivity index (χ1) is 9.36. The summed E-state index contributed by atoms with van der Waals surface area (Å²) in [7, 11) is 0. The fourth-order valence-corrected chi connectivity index (χ4v) is 1.90. The van der Waals surface area contributed by atoms with Crippen molar-refractivity contribution in [3.05, 3.63) is 48.4 Å². The molecule has 5 heteroatoms. The summed E-state index contributed by atoms with van der Waals surface area (Å²) in [5, 5.41) is 4.23. The van der Waals surface area contributed by atoms with Crippen LogP contribution in [0.1, 0.15) is 18.6 Å². The number of aryl methyl sites for hydroxylation is 1. The second-order valence-electron chi connectivity index (χ2n) is 4.17. The first kappa shape index (κ1) is 11.6. The van der Waals surface area contributed by atoms with E-state index in [1.807, 2.05) is 31.2 Å². The number of aromatic nitrogens is 3. The van der Waals surface area contributed by atoms with E-state index in [1.165, 1.54) is 0 Å². The topological polar surface area (TPSA) is 63.8 Å². The minimum Gasteiger partial charge on any atom is -0.444 e. The molecular weight excluding hydrogens is 240 g/mol. The lowest BCUT2D eigenvalue weighted by Crippen LogP contribution is -2.02. The largest absolute Gasteiger partial charge is 0.444 e. The van der Waals surface area contributed by atoms with Crippen molar-refractivity contribution in [2.45, 2.75) is 19.9 Å². The second kappa shape index (κ2) is 5.06. The van der Waals surface area contributed by atoms with Crippen molar-refractivity contribution >= 4 is 16.7 Å². The Hall–Kier alpha value is -2.43. The Morgan fingerprint density at radius 2 is 2.05 bits per heavy atom. The molecule has 0 saturated carbocycles. The summed E-state index contributed by atoms with van der Waals surface area (Å²) in [5.74, 6) is 2.35. The molecule has 0 fully saturated rings. The number of rotatable bonds is 4. The molecule has 1 aromatic carbocycles. The van der Waals surface area contributed by atoms with E-state index >= 15 is 0 Å². The lowest BCUT2D eigenvalue weighted by molar-refractivity contribution is 0.465. The molecule has 0 unspecified atom stereocenters. The fraction of sp³-hybridized carbons (Fsp3) is 0.214. The SMILES string of the molecule is CCc1cnc(CNc2ncnc3ccccc23)o1. The van der Waals surface area contributed by atoms with Crippen LogP contribution in [0, 0.1) is 0 Å². The lowest BCUT2D eigenvalue weighted by atomic mass is 10.2. The van der Waals surface area contributed by atoms with Gasteiger partial charge in [-0.2, -0.15) is 0 Å². The van der Waals surface area contributed by atoms with Gasteiger partial charge in [0, 0.05) is 11.8 Å². The summed E-state index contributed by atoms with van der Waals surface area (Å²) >= 11 is 0. The van der Waals surface area contributed by atoms with Gasteiger partial charge in [-0.15, -0.1) is 0 Å². The highest BCUT2D eigenvalue weighted by Gasteiger charge is 2.05. The first-order valence-electron chi connectivity index (χ1n) is 6.24. The molecule has 2 aromatic heterocycles. The zero-order valence-electron chi connectivity index (χ0n) is 10.6. The first-order valence-corrected chi connectivity index (χ1v) is 6.24. The van der Waals surface area contributed by atoms with Crippen LogP contribution in [0.2, 0.25) is 0 Å². The monoisotopic (exact) mass is 254 g/mol. The van der Waals surface area contributed by atoms with Gasteiger partial charge in [0.15, 0.2) is 0 Å². The van der Waals surface area contributed by atoms with Gasteiger partial charge in [-0.05, 0) is 12.1 Å². The van der Waals surface area contributed by atoms with E-state index in [-0.39, 0.29) is 0 Å². The van der Waals surface area contributed by atoms with Crippen molar-refractivity contribution in [3.8, 4) is 0 Å². The maximum absolute atomic E-state index is 5.55. The molecule has 3 rings (SSSR count). The Kier molecular flexibility index (Phi) is 3.10. The molecular formula is C14H14N4O. The third-order valence-corrected chi connectivity index (χ3v) is 2.90. The van der Waals surface area contributed by atoms with Gasteiger partial charge in [-0.3, -0.25) is 0 Å². The van der Waals surface area contributed by atoms with Gasteiger partial charge in [0.1, 0.15) is 17.9 Å². The van der Waals surface area contributed by atoms with E-state index < -0.39 is 0 Å². The average molecular weight is 254 g/mol. The minimum atomic E-state index is 0.515. The fourth-order valence-electron chi connectivity index (χ4n) is 1.90. The van der Waals surface area contributed by atoms with Crippen molar-refractivity contribution < 1.29 is 4.42 Å². The van der Waals surface area contributed by atoms with Crippen molar-refractivity contribution in [2.75, 3.05) is 5.32 Å². The number of oxazole rings is 1. The summed E-state index contributed by atoms with van der Waals surface area (Å²) in [6, 6.07) is 7.88. The van der Waals surface area contributed by atoms with E-state index in [2.05, 4.69) is 20.3 Å². The molecule has 2 heterocycles. The number of anilines is 1. The maximum atomic E-state index is 5.55. The quantitative estimate of drug-likeness (QED) is 0.775. The number of nitrogens with one attached hydrogen (secondary N) is 1. The highest BCUT2D eigenvalue weighted by atomic mass is 16.4. The van der Waals surface area contributed by atoms with Crippen LogP contribution in [-0.4, -0.2) is 15.0 Å². The molecule has 0 bridgehead atoms. The van der Waals surface area contributed by atoms with Gasteiger partial charge in [-0.25, -0.2) is 15.0 Å². The molecule has 1 N–H and O–H groups in total. The molecule has 0 radical (unpaired) electrons. The van der Waals surface area contributed by atoms with Crippen molar-refractivity contribution in [1.82, 2.24) is 15.0 Å². The molecule has 96 valence electrons. The van der Waals surface area contributed by atoms with E-state index in [0.29, 0.717) is 12.4 Å². The van der Waals surface area contributed by atoms with Crippen LogP contribution < -0.4 is 5.32 Å². The predicted molar refractivity (Wildman–Crippen MR) is 72.7 cm³/mol. The van der Waals surface area contributed by atoms with E-state index in [0.717, 1.165) is 28.9 Å². The van der Waals surface area contributed by atoms with Gasteiger partial charge in [0.05, 0.1) is 18.3 Å². The molecule has 0 amide bonds. The Morgan fingerprint density at radius 1 is 1.16 bits per heavy atom. The molecule has 0 aliphatic carbocycles. The Balaban J connectivity index is 1.81. The van der Waals surface area contributed by atoms with Gasteiger partial charge < -0.3 is 9.73 Å². The Morgan fingerprint density at radius 3 is 2.89 bits per heavy atom. The van der Waals surface area contributed by atoms with Crippen LogP contribution in [0.3, 0.4) is 0 Å². The zero-order chi connectivity index (χ0) is 13.1. The van der Waals surface area contributed by atoms with Crippen LogP contribution in [0.4, 0.5) is 5.82 Å².